The second-order valence-electron chi connectivity index (χ2n) is 5.54. The van der Waals surface area contributed by atoms with Crippen molar-refractivity contribution >= 4 is 17.5 Å². The van der Waals surface area contributed by atoms with Crippen LogP contribution in [-0.4, -0.2) is 59.1 Å². The molecule has 0 radical (unpaired) electrons. The third kappa shape index (κ3) is 2.76. The van der Waals surface area contributed by atoms with Crippen molar-refractivity contribution in [2.75, 3.05) is 43.4 Å². The van der Waals surface area contributed by atoms with Crippen LogP contribution in [0.25, 0.3) is 0 Å². The monoisotopic (exact) mass is 292 g/mol. The van der Waals surface area contributed by atoms with Crippen molar-refractivity contribution in [1.82, 2.24) is 14.9 Å². The van der Waals surface area contributed by atoms with Gasteiger partial charge >= 0.3 is 5.69 Å². The first-order valence-electron chi connectivity index (χ1n) is 7.37. The highest BCUT2D eigenvalue weighted by Gasteiger charge is 2.32. The van der Waals surface area contributed by atoms with E-state index in [4.69, 9.17) is 0 Å². The van der Waals surface area contributed by atoms with Gasteiger partial charge in [0.2, 0.25) is 11.8 Å². The molecular weight excluding hydrogens is 272 g/mol. The molecule has 2 aliphatic rings. The van der Waals surface area contributed by atoms with Crippen molar-refractivity contribution < 1.29 is 4.92 Å². The van der Waals surface area contributed by atoms with Gasteiger partial charge in [0.05, 0.1) is 4.92 Å². The van der Waals surface area contributed by atoms with Crippen LogP contribution in [0.5, 0.6) is 0 Å². The Kier molecular flexibility index (Phi) is 3.87. The first kappa shape index (κ1) is 14.0. The minimum absolute atomic E-state index is 0.0135. The van der Waals surface area contributed by atoms with Gasteiger partial charge in [-0.05, 0) is 25.8 Å². The van der Waals surface area contributed by atoms with Crippen LogP contribution in [0.1, 0.15) is 19.3 Å². The summed E-state index contributed by atoms with van der Waals surface area (Å²) in [5, 5.41) is 14.1. The van der Waals surface area contributed by atoms with Crippen molar-refractivity contribution in [2.24, 2.45) is 0 Å². The van der Waals surface area contributed by atoms with Crippen LogP contribution in [0.4, 0.5) is 17.5 Å². The second-order valence-corrected chi connectivity index (χ2v) is 5.54. The minimum atomic E-state index is -0.397. The maximum Gasteiger partial charge on any atom is 0.329 e. The van der Waals surface area contributed by atoms with Crippen molar-refractivity contribution in [3.63, 3.8) is 0 Å². The van der Waals surface area contributed by atoms with Crippen molar-refractivity contribution in [3.8, 4) is 0 Å². The van der Waals surface area contributed by atoms with Crippen LogP contribution in [-0.2, 0) is 0 Å². The predicted octanol–water partition coefficient (Wildman–Crippen LogP) is 1.10. The van der Waals surface area contributed by atoms with Crippen LogP contribution >= 0.6 is 0 Å². The van der Waals surface area contributed by atoms with E-state index in [1.54, 1.807) is 7.05 Å². The SMILES string of the molecule is CNc1ncc([N+](=O)[O-])c(N2CCCN3CCCC3C2)n1. The van der Waals surface area contributed by atoms with Gasteiger partial charge in [-0.1, -0.05) is 0 Å². The van der Waals surface area contributed by atoms with E-state index < -0.39 is 4.92 Å². The third-order valence-electron chi connectivity index (χ3n) is 4.27. The number of aromatic nitrogens is 2. The molecule has 0 aliphatic carbocycles. The fourth-order valence-electron chi connectivity index (χ4n) is 3.25. The average molecular weight is 292 g/mol. The van der Waals surface area contributed by atoms with Gasteiger partial charge in [-0.15, -0.1) is 0 Å². The lowest BCUT2D eigenvalue weighted by Crippen LogP contribution is -2.37. The number of hydrogen-bond donors (Lipinski definition) is 1. The Bertz CT molecular complexity index is 537. The van der Waals surface area contributed by atoms with E-state index in [1.165, 1.54) is 12.6 Å². The van der Waals surface area contributed by atoms with E-state index in [1.807, 2.05) is 0 Å². The van der Waals surface area contributed by atoms with Crippen LogP contribution in [0.2, 0.25) is 0 Å². The fourth-order valence-corrected chi connectivity index (χ4v) is 3.25. The summed E-state index contributed by atoms with van der Waals surface area (Å²) in [6.45, 7) is 3.82. The smallest absolute Gasteiger partial charge is 0.329 e. The van der Waals surface area contributed by atoms with E-state index in [2.05, 4.69) is 25.1 Å². The lowest BCUT2D eigenvalue weighted by molar-refractivity contribution is -0.384. The third-order valence-corrected chi connectivity index (χ3v) is 4.27. The van der Waals surface area contributed by atoms with Gasteiger partial charge in [-0.2, -0.15) is 4.98 Å². The zero-order valence-electron chi connectivity index (χ0n) is 12.2. The Balaban J connectivity index is 1.92. The summed E-state index contributed by atoms with van der Waals surface area (Å²) >= 11 is 0. The molecule has 1 aromatic rings. The van der Waals surface area contributed by atoms with Gasteiger partial charge in [0.1, 0.15) is 6.20 Å². The highest BCUT2D eigenvalue weighted by atomic mass is 16.6. The number of nitro groups is 1. The van der Waals surface area contributed by atoms with Gasteiger partial charge in [0.25, 0.3) is 0 Å². The summed E-state index contributed by atoms with van der Waals surface area (Å²) in [5.74, 6) is 0.858. The summed E-state index contributed by atoms with van der Waals surface area (Å²) in [7, 11) is 1.71. The van der Waals surface area contributed by atoms with Gasteiger partial charge in [0.15, 0.2) is 0 Å². The van der Waals surface area contributed by atoms with E-state index in [-0.39, 0.29) is 5.69 Å². The highest BCUT2D eigenvalue weighted by Crippen LogP contribution is 2.30. The quantitative estimate of drug-likeness (QED) is 0.659. The average Bonchev–Trinajstić information content (AvgIpc) is 2.83. The zero-order valence-corrected chi connectivity index (χ0v) is 12.2. The van der Waals surface area contributed by atoms with Crippen LogP contribution < -0.4 is 10.2 Å². The maximum atomic E-state index is 11.2. The summed E-state index contributed by atoms with van der Waals surface area (Å²) in [6, 6.07) is 0.486. The van der Waals surface area contributed by atoms with E-state index >= 15 is 0 Å². The molecule has 1 aromatic heterocycles. The molecule has 2 saturated heterocycles. The Labute approximate surface area is 123 Å². The van der Waals surface area contributed by atoms with E-state index in [0.29, 0.717) is 17.8 Å². The molecule has 0 saturated carbocycles. The molecule has 2 aliphatic heterocycles. The number of nitrogens with one attached hydrogen (secondary N) is 1. The van der Waals surface area contributed by atoms with E-state index in [0.717, 1.165) is 39.0 Å². The topological polar surface area (TPSA) is 87.4 Å². The van der Waals surface area contributed by atoms with E-state index in [9.17, 15) is 10.1 Å². The number of hydrogen-bond acceptors (Lipinski definition) is 7. The summed E-state index contributed by atoms with van der Waals surface area (Å²) in [4.78, 5) is 23.7. The fraction of sp³-hybridized carbons (Fsp3) is 0.692. The molecule has 8 heteroatoms. The lowest BCUT2D eigenvalue weighted by atomic mass is 10.2. The Morgan fingerprint density at radius 2 is 2.19 bits per heavy atom. The van der Waals surface area contributed by atoms with Crippen LogP contribution in [0, 0.1) is 10.1 Å². The van der Waals surface area contributed by atoms with Gasteiger partial charge in [0, 0.05) is 32.7 Å². The number of nitrogens with zero attached hydrogens (tertiary/aromatic N) is 5. The number of anilines is 2. The largest absolute Gasteiger partial charge is 0.357 e. The lowest BCUT2D eigenvalue weighted by Gasteiger charge is -2.26. The van der Waals surface area contributed by atoms with Gasteiger partial charge in [-0.25, -0.2) is 4.98 Å². The summed E-state index contributed by atoms with van der Waals surface area (Å²) in [5.41, 5.74) is -0.0135. The minimum Gasteiger partial charge on any atom is -0.357 e. The van der Waals surface area contributed by atoms with Crippen molar-refractivity contribution in [2.45, 2.75) is 25.3 Å². The summed E-state index contributed by atoms with van der Waals surface area (Å²) < 4.78 is 0. The molecule has 1 N–H and O–H groups in total. The molecule has 3 rings (SSSR count). The Morgan fingerprint density at radius 3 is 2.95 bits per heavy atom. The Morgan fingerprint density at radius 1 is 1.38 bits per heavy atom. The zero-order chi connectivity index (χ0) is 14.8. The Hall–Kier alpha value is -1.96. The number of fused-ring (bicyclic) bond motifs is 1. The normalized spacial score (nSPS) is 22.7. The standard InChI is InChI=1S/C13H20N6O2/c1-14-13-15-8-11(19(20)21)12(16-13)18-7-3-6-17-5-2-4-10(17)9-18/h8,10H,2-7,9H2,1H3,(H,14,15,16). The number of rotatable bonds is 3. The molecule has 21 heavy (non-hydrogen) atoms. The molecule has 0 aromatic carbocycles. The predicted molar refractivity (Wildman–Crippen MR) is 79.7 cm³/mol. The molecule has 1 atom stereocenters. The van der Waals surface area contributed by atoms with Crippen LogP contribution in [0.3, 0.4) is 0 Å². The molecule has 3 heterocycles. The second kappa shape index (κ2) is 5.80. The molecule has 0 bridgehead atoms. The molecule has 1 unspecified atom stereocenters. The van der Waals surface area contributed by atoms with Gasteiger partial charge < -0.3 is 10.2 Å². The molecular formula is C13H20N6O2. The van der Waals surface area contributed by atoms with Crippen molar-refractivity contribution in [3.05, 3.63) is 16.3 Å². The molecule has 0 amide bonds. The van der Waals surface area contributed by atoms with Crippen LogP contribution in [0.15, 0.2) is 6.20 Å². The highest BCUT2D eigenvalue weighted by molar-refractivity contribution is 5.59. The molecule has 0 spiro atoms. The van der Waals surface area contributed by atoms with Gasteiger partial charge in [-0.3, -0.25) is 15.0 Å². The molecule has 2 fully saturated rings. The maximum absolute atomic E-state index is 11.2. The molecule has 8 nitrogen and oxygen atoms in total. The first-order valence-corrected chi connectivity index (χ1v) is 7.37. The summed E-state index contributed by atoms with van der Waals surface area (Å²) in [6.07, 6.45) is 4.68. The molecule has 114 valence electrons. The van der Waals surface area contributed by atoms with Crippen molar-refractivity contribution in [1.29, 1.82) is 0 Å². The first-order chi connectivity index (χ1) is 10.2.